The molecule has 0 spiro atoms. The summed E-state index contributed by atoms with van der Waals surface area (Å²) in [5.74, 6) is -0.949. The highest BCUT2D eigenvalue weighted by Crippen LogP contribution is 2.34. The summed E-state index contributed by atoms with van der Waals surface area (Å²) >= 11 is 1.40. The molecule has 4 rings (SSSR count). The van der Waals surface area contributed by atoms with Crippen LogP contribution in [-0.4, -0.2) is 44.8 Å². The lowest BCUT2D eigenvalue weighted by Gasteiger charge is -2.19. The highest BCUT2D eigenvalue weighted by atomic mass is 32.1. The molecule has 26 heavy (non-hydrogen) atoms. The van der Waals surface area contributed by atoms with Crippen molar-refractivity contribution in [2.24, 2.45) is 5.41 Å². The average Bonchev–Trinajstić information content (AvgIpc) is 3.31. The molecule has 6 nitrogen and oxygen atoms in total. The molecule has 0 radical (unpaired) electrons. The molecule has 3 heterocycles. The Morgan fingerprint density at radius 2 is 2.00 bits per heavy atom. The predicted molar refractivity (Wildman–Crippen MR) is 99.9 cm³/mol. The molecule has 134 valence electrons. The highest BCUT2D eigenvalue weighted by molar-refractivity contribution is 7.20. The monoisotopic (exact) mass is 369 g/mol. The SMILES string of the molecule is Cc1nn(-c2ccccc2)c2sc(C(=O)N3CCC(C)(C(=O)O)C3)cc12. The van der Waals surface area contributed by atoms with Gasteiger partial charge in [0.1, 0.15) is 4.83 Å². The molecule has 1 amide bonds. The Kier molecular flexibility index (Phi) is 3.84. The van der Waals surface area contributed by atoms with E-state index >= 15 is 0 Å². The first-order valence-electron chi connectivity index (χ1n) is 8.46. The minimum atomic E-state index is -0.858. The van der Waals surface area contributed by atoms with Crippen molar-refractivity contribution in [2.45, 2.75) is 20.3 Å². The molecule has 3 aromatic rings. The number of fused-ring (bicyclic) bond motifs is 1. The van der Waals surface area contributed by atoms with E-state index in [1.807, 2.05) is 48.0 Å². The Morgan fingerprint density at radius 3 is 2.65 bits per heavy atom. The van der Waals surface area contributed by atoms with Crippen molar-refractivity contribution in [3.05, 3.63) is 47.0 Å². The normalized spacial score (nSPS) is 20.0. The number of thiophene rings is 1. The van der Waals surface area contributed by atoms with E-state index < -0.39 is 11.4 Å². The second kappa shape index (κ2) is 5.95. The molecule has 0 saturated carbocycles. The van der Waals surface area contributed by atoms with Gasteiger partial charge in [0, 0.05) is 18.5 Å². The number of hydrogen-bond donors (Lipinski definition) is 1. The van der Waals surface area contributed by atoms with Gasteiger partial charge in [0.05, 0.1) is 21.7 Å². The Bertz CT molecular complexity index is 1010. The fourth-order valence-electron chi connectivity index (χ4n) is 3.36. The summed E-state index contributed by atoms with van der Waals surface area (Å²) in [4.78, 5) is 27.5. The van der Waals surface area contributed by atoms with Crippen LogP contribution in [0.15, 0.2) is 36.4 Å². The van der Waals surface area contributed by atoms with Gasteiger partial charge in [-0.15, -0.1) is 11.3 Å². The van der Waals surface area contributed by atoms with Gasteiger partial charge in [-0.25, -0.2) is 4.68 Å². The molecule has 0 aliphatic carbocycles. The van der Waals surface area contributed by atoms with Gasteiger partial charge in [0.15, 0.2) is 0 Å². The molecule has 7 heteroatoms. The number of amides is 1. The van der Waals surface area contributed by atoms with E-state index in [0.717, 1.165) is 21.6 Å². The molecule has 1 aliphatic heterocycles. The summed E-state index contributed by atoms with van der Waals surface area (Å²) in [6, 6.07) is 11.7. The molecule has 1 N–H and O–H groups in total. The van der Waals surface area contributed by atoms with Crippen molar-refractivity contribution in [3.63, 3.8) is 0 Å². The van der Waals surface area contributed by atoms with Crippen molar-refractivity contribution in [1.29, 1.82) is 0 Å². The zero-order valence-corrected chi connectivity index (χ0v) is 15.4. The molecule has 1 unspecified atom stereocenters. The smallest absolute Gasteiger partial charge is 0.311 e. The number of carbonyl (C=O) groups is 2. The van der Waals surface area contributed by atoms with Crippen LogP contribution in [0.25, 0.3) is 15.9 Å². The van der Waals surface area contributed by atoms with E-state index in [1.165, 1.54) is 11.3 Å². The predicted octanol–water partition coefficient (Wildman–Crippen LogP) is 3.33. The first-order valence-corrected chi connectivity index (χ1v) is 9.28. The zero-order chi connectivity index (χ0) is 18.5. The van der Waals surface area contributed by atoms with E-state index in [2.05, 4.69) is 5.10 Å². The number of hydrogen-bond acceptors (Lipinski definition) is 4. The van der Waals surface area contributed by atoms with E-state index in [4.69, 9.17) is 0 Å². The summed E-state index contributed by atoms with van der Waals surface area (Å²) in [5, 5.41) is 14.9. The number of carboxylic acids is 1. The summed E-state index contributed by atoms with van der Waals surface area (Å²) < 4.78 is 1.86. The first kappa shape index (κ1) is 16.8. The lowest BCUT2D eigenvalue weighted by atomic mass is 9.90. The van der Waals surface area contributed by atoms with Crippen LogP contribution in [0.4, 0.5) is 0 Å². The summed E-state index contributed by atoms with van der Waals surface area (Å²) in [6.07, 6.45) is 0.482. The molecular formula is C19H19N3O3S. The molecular weight excluding hydrogens is 350 g/mol. The number of carboxylic acid groups (broad SMARTS) is 1. The fourth-order valence-corrected chi connectivity index (χ4v) is 4.51. The van der Waals surface area contributed by atoms with Crippen LogP contribution < -0.4 is 0 Å². The van der Waals surface area contributed by atoms with E-state index in [9.17, 15) is 14.7 Å². The number of aryl methyl sites for hydroxylation is 1. The maximum atomic E-state index is 12.9. The van der Waals surface area contributed by atoms with Crippen LogP contribution in [0.2, 0.25) is 0 Å². The number of rotatable bonds is 3. The van der Waals surface area contributed by atoms with Crippen LogP contribution in [-0.2, 0) is 4.79 Å². The van der Waals surface area contributed by atoms with Crippen LogP contribution in [0.5, 0.6) is 0 Å². The number of aromatic nitrogens is 2. The summed E-state index contributed by atoms with van der Waals surface area (Å²) in [7, 11) is 0. The first-order chi connectivity index (χ1) is 12.4. The maximum absolute atomic E-state index is 12.9. The second-order valence-electron chi connectivity index (χ2n) is 7.00. The number of nitrogens with zero attached hydrogens (tertiary/aromatic N) is 3. The lowest BCUT2D eigenvalue weighted by molar-refractivity contribution is -0.147. The van der Waals surface area contributed by atoms with Crippen LogP contribution in [0.1, 0.15) is 28.7 Å². The Balaban J connectivity index is 1.68. The third-order valence-electron chi connectivity index (χ3n) is 5.03. The summed E-state index contributed by atoms with van der Waals surface area (Å²) in [5.41, 5.74) is 0.963. The number of carbonyl (C=O) groups excluding carboxylic acids is 1. The zero-order valence-electron chi connectivity index (χ0n) is 14.6. The fraction of sp³-hybridized carbons (Fsp3) is 0.316. The van der Waals surface area contributed by atoms with Crippen molar-refractivity contribution < 1.29 is 14.7 Å². The number of aliphatic carboxylic acids is 1. The molecule has 0 bridgehead atoms. The number of likely N-dealkylation sites (tertiary alicyclic amines) is 1. The molecule has 1 aliphatic rings. The molecule has 1 saturated heterocycles. The topological polar surface area (TPSA) is 75.4 Å². The third-order valence-corrected chi connectivity index (χ3v) is 6.13. The van der Waals surface area contributed by atoms with Crippen molar-refractivity contribution in [3.8, 4) is 5.69 Å². The second-order valence-corrected chi connectivity index (χ2v) is 8.04. The van der Waals surface area contributed by atoms with Crippen LogP contribution >= 0.6 is 11.3 Å². The van der Waals surface area contributed by atoms with Gasteiger partial charge in [0.25, 0.3) is 5.91 Å². The molecule has 1 aromatic carbocycles. The standard InChI is InChI=1S/C19H19N3O3S/c1-12-14-10-15(16(23)21-9-8-19(2,11-21)18(24)25)26-17(14)22(20-12)13-6-4-3-5-7-13/h3-7,10H,8-9,11H2,1-2H3,(H,24,25). The third kappa shape index (κ3) is 2.59. The van der Waals surface area contributed by atoms with Gasteiger partial charge in [0.2, 0.25) is 0 Å². The molecule has 1 fully saturated rings. The van der Waals surface area contributed by atoms with Crippen LogP contribution in [0.3, 0.4) is 0 Å². The van der Waals surface area contributed by atoms with Gasteiger partial charge in [-0.2, -0.15) is 5.10 Å². The van der Waals surface area contributed by atoms with E-state index in [0.29, 0.717) is 17.8 Å². The highest BCUT2D eigenvalue weighted by Gasteiger charge is 2.42. The van der Waals surface area contributed by atoms with Gasteiger partial charge >= 0.3 is 5.97 Å². The van der Waals surface area contributed by atoms with Gasteiger partial charge in [-0.05, 0) is 38.5 Å². The molecule has 2 aromatic heterocycles. The minimum Gasteiger partial charge on any atom is -0.481 e. The van der Waals surface area contributed by atoms with E-state index in [1.54, 1.807) is 11.8 Å². The molecule has 1 atom stereocenters. The largest absolute Gasteiger partial charge is 0.481 e. The Labute approximate surface area is 154 Å². The lowest BCUT2D eigenvalue weighted by Crippen LogP contribution is -2.34. The maximum Gasteiger partial charge on any atom is 0.311 e. The number of para-hydroxylation sites is 1. The quantitative estimate of drug-likeness (QED) is 0.768. The van der Waals surface area contributed by atoms with E-state index in [-0.39, 0.29) is 12.5 Å². The Hall–Kier alpha value is -2.67. The van der Waals surface area contributed by atoms with Gasteiger partial charge < -0.3 is 10.0 Å². The minimum absolute atomic E-state index is 0.102. The average molecular weight is 369 g/mol. The van der Waals surface area contributed by atoms with Crippen LogP contribution in [0, 0.1) is 12.3 Å². The van der Waals surface area contributed by atoms with Gasteiger partial charge in [-0.1, -0.05) is 18.2 Å². The Morgan fingerprint density at radius 1 is 1.27 bits per heavy atom. The number of benzene rings is 1. The summed E-state index contributed by atoms with van der Waals surface area (Å²) in [6.45, 7) is 4.35. The van der Waals surface area contributed by atoms with Crippen molar-refractivity contribution in [1.82, 2.24) is 14.7 Å². The van der Waals surface area contributed by atoms with Crippen molar-refractivity contribution >= 4 is 33.4 Å². The van der Waals surface area contributed by atoms with Crippen molar-refractivity contribution in [2.75, 3.05) is 13.1 Å². The van der Waals surface area contributed by atoms with Gasteiger partial charge in [-0.3, -0.25) is 9.59 Å².